The van der Waals surface area contributed by atoms with Gasteiger partial charge in [-0.3, -0.25) is 9.59 Å². The van der Waals surface area contributed by atoms with E-state index in [4.69, 9.17) is 31.5 Å². The number of nitrogens with one attached hydrogen (secondary N) is 1. The normalized spacial score (nSPS) is 11.3. The van der Waals surface area contributed by atoms with Gasteiger partial charge in [0.2, 0.25) is 5.91 Å². The van der Waals surface area contributed by atoms with E-state index >= 15 is 0 Å². The highest BCUT2D eigenvalue weighted by molar-refractivity contribution is 6.30. The summed E-state index contributed by atoms with van der Waals surface area (Å²) < 4.78 is 16.4. The van der Waals surface area contributed by atoms with Gasteiger partial charge in [0.15, 0.2) is 17.6 Å². The third-order valence-electron chi connectivity index (χ3n) is 4.80. The minimum atomic E-state index is -1.07. The second kappa shape index (κ2) is 11.2. The third-order valence-corrected chi connectivity index (χ3v) is 5.05. The fourth-order valence-corrected chi connectivity index (χ4v) is 3.03. The summed E-state index contributed by atoms with van der Waals surface area (Å²) in [4.78, 5) is 36.1. The molecule has 0 aliphatic rings. The molecule has 3 aromatic carbocycles. The maximum Gasteiger partial charge on any atom is 0.339 e. The predicted molar refractivity (Wildman–Crippen MR) is 127 cm³/mol. The number of ether oxygens (including phenoxy) is 3. The van der Waals surface area contributed by atoms with E-state index in [1.54, 1.807) is 18.2 Å². The molecule has 9 heteroatoms. The fourth-order valence-electron chi connectivity index (χ4n) is 2.90. The second-order valence-corrected chi connectivity index (χ2v) is 7.70. The van der Waals surface area contributed by atoms with Crippen molar-refractivity contribution in [2.45, 2.75) is 19.6 Å². The monoisotopic (exact) mass is 482 g/mol. The van der Waals surface area contributed by atoms with Gasteiger partial charge in [-0.25, -0.2) is 4.79 Å². The molecule has 176 valence electrons. The SMILES string of the molecule is COc1cc(C(=O)OC(C)C(=O)Nc2ccc(C(N)=O)cc2)ccc1OCc1ccc(Cl)cc1. The van der Waals surface area contributed by atoms with Crippen molar-refractivity contribution in [1.29, 1.82) is 0 Å². The van der Waals surface area contributed by atoms with Crippen molar-refractivity contribution in [2.75, 3.05) is 12.4 Å². The first-order chi connectivity index (χ1) is 16.3. The quantitative estimate of drug-likeness (QED) is 0.441. The zero-order valence-corrected chi connectivity index (χ0v) is 19.3. The van der Waals surface area contributed by atoms with Crippen molar-refractivity contribution in [3.63, 3.8) is 0 Å². The molecule has 2 amide bonds. The van der Waals surface area contributed by atoms with E-state index in [-0.39, 0.29) is 12.2 Å². The molecule has 0 fully saturated rings. The summed E-state index contributed by atoms with van der Waals surface area (Å²) in [5, 5.41) is 3.24. The minimum absolute atomic E-state index is 0.196. The van der Waals surface area contributed by atoms with Crippen LogP contribution in [0.15, 0.2) is 66.7 Å². The fraction of sp³-hybridized carbons (Fsp3) is 0.160. The Labute approximate surface area is 201 Å². The van der Waals surface area contributed by atoms with Crippen LogP contribution in [0.25, 0.3) is 0 Å². The number of carbonyl (C=O) groups is 3. The van der Waals surface area contributed by atoms with Gasteiger partial charge >= 0.3 is 5.97 Å². The van der Waals surface area contributed by atoms with Crippen molar-refractivity contribution in [3.8, 4) is 11.5 Å². The molecular weight excluding hydrogens is 460 g/mol. The smallest absolute Gasteiger partial charge is 0.339 e. The maximum atomic E-state index is 12.6. The molecule has 3 rings (SSSR count). The predicted octanol–water partition coefficient (Wildman–Crippen LogP) is 4.21. The van der Waals surface area contributed by atoms with Crippen molar-refractivity contribution < 1.29 is 28.6 Å². The number of benzene rings is 3. The molecule has 8 nitrogen and oxygen atoms in total. The molecule has 0 heterocycles. The van der Waals surface area contributed by atoms with Crippen molar-refractivity contribution >= 4 is 35.1 Å². The molecule has 0 aliphatic carbocycles. The number of nitrogens with two attached hydrogens (primary N) is 1. The van der Waals surface area contributed by atoms with Crippen LogP contribution in [0.3, 0.4) is 0 Å². The molecule has 0 saturated carbocycles. The summed E-state index contributed by atoms with van der Waals surface area (Å²) in [5.74, 6) is -1.02. The van der Waals surface area contributed by atoms with Crippen molar-refractivity contribution in [2.24, 2.45) is 5.73 Å². The number of hydrogen-bond donors (Lipinski definition) is 2. The molecule has 1 atom stereocenters. The molecule has 0 aliphatic heterocycles. The van der Waals surface area contributed by atoms with Crippen LogP contribution in [0.5, 0.6) is 11.5 Å². The van der Waals surface area contributed by atoms with Crippen LogP contribution < -0.4 is 20.5 Å². The van der Waals surface area contributed by atoms with Crippen LogP contribution in [0.4, 0.5) is 5.69 Å². The standard InChI is InChI=1S/C25H23ClN2O6/c1-15(24(30)28-20-10-5-17(6-11-20)23(27)29)34-25(31)18-7-12-21(22(13-18)32-2)33-14-16-3-8-19(26)9-4-16/h3-13,15H,14H2,1-2H3,(H2,27,29)(H,28,30). The van der Waals surface area contributed by atoms with Gasteiger partial charge in [-0.05, 0) is 67.1 Å². The summed E-state index contributed by atoms with van der Waals surface area (Å²) >= 11 is 5.89. The lowest BCUT2D eigenvalue weighted by Crippen LogP contribution is -2.30. The molecule has 0 aromatic heterocycles. The summed E-state index contributed by atoms with van der Waals surface area (Å²) in [7, 11) is 1.46. The highest BCUT2D eigenvalue weighted by Crippen LogP contribution is 2.29. The zero-order chi connectivity index (χ0) is 24.7. The molecular formula is C25H23ClN2O6. The van der Waals surface area contributed by atoms with E-state index in [2.05, 4.69) is 5.32 Å². The van der Waals surface area contributed by atoms with Crippen molar-refractivity contribution in [1.82, 2.24) is 0 Å². The van der Waals surface area contributed by atoms with E-state index in [1.165, 1.54) is 50.4 Å². The van der Waals surface area contributed by atoms with Gasteiger partial charge < -0.3 is 25.3 Å². The summed E-state index contributed by atoms with van der Waals surface area (Å²) in [5.41, 5.74) is 7.05. The number of rotatable bonds is 9. The Morgan fingerprint density at radius 2 is 1.59 bits per heavy atom. The van der Waals surface area contributed by atoms with Crippen molar-refractivity contribution in [3.05, 3.63) is 88.4 Å². The van der Waals surface area contributed by atoms with Gasteiger partial charge in [-0.1, -0.05) is 23.7 Å². The van der Waals surface area contributed by atoms with Crippen LogP contribution >= 0.6 is 11.6 Å². The van der Waals surface area contributed by atoms with E-state index in [0.717, 1.165) is 5.56 Å². The van der Waals surface area contributed by atoms with Crippen LogP contribution in [-0.2, 0) is 16.1 Å². The molecule has 0 saturated heterocycles. The average Bonchev–Trinajstić information content (AvgIpc) is 2.83. The molecule has 34 heavy (non-hydrogen) atoms. The number of methoxy groups -OCH3 is 1. The van der Waals surface area contributed by atoms with Gasteiger partial charge in [0.05, 0.1) is 12.7 Å². The first kappa shape index (κ1) is 24.6. The molecule has 3 N–H and O–H groups in total. The number of anilines is 1. The Morgan fingerprint density at radius 3 is 2.21 bits per heavy atom. The zero-order valence-electron chi connectivity index (χ0n) is 18.5. The summed E-state index contributed by atoms with van der Waals surface area (Å²) in [6, 6.07) is 17.8. The number of amides is 2. The van der Waals surface area contributed by atoms with Crippen LogP contribution in [0.2, 0.25) is 5.02 Å². The first-order valence-corrected chi connectivity index (χ1v) is 10.6. The number of hydrogen-bond acceptors (Lipinski definition) is 6. The second-order valence-electron chi connectivity index (χ2n) is 7.26. The third kappa shape index (κ3) is 6.49. The Bertz CT molecular complexity index is 1180. The van der Waals surface area contributed by atoms with Gasteiger partial charge in [0.1, 0.15) is 6.61 Å². The number of carbonyl (C=O) groups excluding carboxylic acids is 3. The Kier molecular flexibility index (Phi) is 8.10. The molecule has 1 unspecified atom stereocenters. The van der Waals surface area contributed by atoms with Gasteiger partial charge in [-0.2, -0.15) is 0 Å². The van der Waals surface area contributed by atoms with E-state index in [1.807, 2.05) is 12.1 Å². The molecule has 0 spiro atoms. The number of primary amides is 1. The highest BCUT2D eigenvalue weighted by Gasteiger charge is 2.20. The Morgan fingerprint density at radius 1 is 0.941 bits per heavy atom. The van der Waals surface area contributed by atoms with Crippen LogP contribution in [0.1, 0.15) is 33.2 Å². The Hall–Kier alpha value is -4.04. The van der Waals surface area contributed by atoms with Gasteiger partial charge in [-0.15, -0.1) is 0 Å². The lowest BCUT2D eigenvalue weighted by Gasteiger charge is -2.15. The summed E-state index contributed by atoms with van der Waals surface area (Å²) in [6.07, 6.45) is -1.07. The van der Waals surface area contributed by atoms with E-state index in [0.29, 0.717) is 27.8 Å². The largest absolute Gasteiger partial charge is 0.493 e. The number of halogens is 1. The van der Waals surface area contributed by atoms with E-state index < -0.39 is 23.9 Å². The minimum Gasteiger partial charge on any atom is -0.493 e. The van der Waals surface area contributed by atoms with Crippen LogP contribution in [-0.4, -0.2) is 31.0 Å². The molecule has 3 aromatic rings. The Balaban J connectivity index is 1.60. The van der Waals surface area contributed by atoms with Gasteiger partial charge in [0.25, 0.3) is 5.91 Å². The lowest BCUT2D eigenvalue weighted by molar-refractivity contribution is -0.123. The molecule has 0 bridgehead atoms. The summed E-state index contributed by atoms with van der Waals surface area (Å²) in [6.45, 7) is 1.74. The number of esters is 1. The highest BCUT2D eigenvalue weighted by atomic mass is 35.5. The first-order valence-electron chi connectivity index (χ1n) is 10.2. The van der Waals surface area contributed by atoms with E-state index in [9.17, 15) is 14.4 Å². The van der Waals surface area contributed by atoms with Gasteiger partial charge in [0, 0.05) is 16.3 Å². The lowest BCUT2D eigenvalue weighted by atomic mass is 10.2. The van der Waals surface area contributed by atoms with Crippen LogP contribution in [0, 0.1) is 0 Å². The molecule has 0 radical (unpaired) electrons. The average molecular weight is 483 g/mol. The maximum absolute atomic E-state index is 12.6. The topological polar surface area (TPSA) is 117 Å².